The number of hydrogen-bond acceptors (Lipinski definition) is 3. The second kappa shape index (κ2) is 6.15. The first-order valence-corrected chi connectivity index (χ1v) is 8.15. The van der Waals surface area contributed by atoms with Gasteiger partial charge in [0.15, 0.2) is 0 Å². The van der Waals surface area contributed by atoms with Crippen LogP contribution in [0.4, 0.5) is 5.69 Å². The van der Waals surface area contributed by atoms with Crippen molar-refractivity contribution in [3.05, 3.63) is 71.4 Å². The lowest BCUT2D eigenvalue weighted by atomic mass is 9.87. The van der Waals surface area contributed by atoms with Crippen LogP contribution in [0, 0.1) is 5.92 Å². The van der Waals surface area contributed by atoms with E-state index in [9.17, 15) is 10.2 Å². The first-order valence-electron chi connectivity index (χ1n) is 8.15. The smallest absolute Gasteiger partial charge is 0.0649 e. The number of para-hydroxylation sites is 2. The highest BCUT2D eigenvalue weighted by atomic mass is 16.3. The van der Waals surface area contributed by atoms with Crippen LogP contribution in [-0.2, 0) is 0 Å². The minimum Gasteiger partial charge on any atom is -0.396 e. The van der Waals surface area contributed by atoms with Crippen molar-refractivity contribution in [1.82, 2.24) is 4.98 Å². The molecule has 0 amide bonds. The number of aromatic nitrogens is 1. The van der Waals surface area contributed by atoms with Gasteiger partial charge in [0.1, 0.15) is 0 Å². The van der Waals surface area contributed by atoms with E-state index < -0.39 is 0 Å². The summed E-state index contributed by atoms with van der Waals surface area (Å²) in [5, 5.41) is 24.6. The fraction of sp³-hybridized carbons (Fsp3) is 0.200. The van der Waals surface area contributed by atoms with Crippen molar-refractivity contribution >= 4 is 22.7 Å². The Morgan fingerprint density at radius 1 is 0.958 bits per heavy atom. The van der Waals surface area contributed by atoms with Gasteiger partial charge in [0.05, 0.1) is 19.3 Å². The first kappa shape index (κ1) is 15.0. The van der Waals surface area contributed by atoms with Crippen LogP contribution in [0.2, 0.25) is 0 Å². The van der Waals surface area contributed by atoms with Gasteiger partial charge in [-0.15, -0.1) is 0 Å². The van der Waals surface area contributed by atoms with Crippen LogP contribution in [-0.4, -0.2) is 28.4 Å². The van der Waals surface area contributed by atoms with E-state index in [4.69, 9.17) is 0 Å². The van der Waals surface area contributed by atoms with Gasteiger partial charge >= 0.3 is 0 Å². The summed E-state index contributed by atoms with van der Waals surface area (Å²) in [6, 6.07) is 16.0. The molecule has 2 unspecified atom stereocenters. The van der Waals surface area contributed by atoms with Crippen molar-refractivity contribution in [3.8, 4) is 0 Å². The van der Waals surface area contributed by atoms with E-state index in [1.165, 1.54) is 0 Å². The number of H-pyrrole nitrogens is 1. The highest BCUT2D eigenvalue weighted by molar-refractivity contribution is 5.84. The zero-order valence-corrected chi connectivity index (χ0v) is 13.2. The Labute approximate surface area is 140 Å². The molecule has 4 N–H and O–H groups in total. The Morgan fingerprint density at radius 3 is 2.58 bits per heavy atom. The van der Waals surface area contributed by atoms with Gasteiger partial charge < -0.3 is 20.5 Å². The van der Waals surface area contributed by atoms with Crippen LogP contribution >= 0.6 is 0 Å². The fourth-order valence-corrected chi connectivity index (χ4v) is 3.57. The predicted octanol–water partition coefficient (Wildman–Crippen LogP) is 3.32. The summed E-state index contributed by atoms with van der Waals surface area (Å²) in [7, 11) is 0. The monoisotopic (exact) mass is 320 g/mol. The summed E-state index contributed by atoms with van der Waals surface area (Å²) < 4.78 is 0. The van der Waals surface area contributed by atoms with Crippen LogP contribution in [0.3, 0.4) is 0 Å². The standard InChI is InChI=1S/C20H20N2O2/c23-11-14-9-13-5-1-3-7-18(13)22-20(17(14)12-24)16-10-21-19-8-4-2-6-15(16)19/h1-10,17,20-24H,11-12H2. The molecule has 0 saturated heterocycles. The van der Waals surface area contributed by atoms with Crippen molar-refractivity contribution in [2.75, 3.05) is 18.5 Å². The third-order valence-corrected chi connectivity index (χ3v) is 4.83. The molecule has 1 aliphatic heterocycles. The number of benzene rings is 2. The molecule has 4 rings (SSSR count). The lowest BCUT2D eigenvalue weighted by molar-refractivity contribution is 0.215. The van der Waals surface area contributed by atoms with Crippen molar-refractivity contribution in [2.24, 2.45) is 5.92 Å². The number of rotatable bonds is 3. The van der Waals surface area contributed by atoms with Crippen molar-refractivity contribution in [3.63, 3.8) is 0 Å². The molecule has 122 valence electrons. The number of nitrogens with one attached hydrogen (secondary N) is 2. The molecule has 0 radical (unpaired) electrons. The van der Waals surface area contributed by atoms with Crippen LogP contribution < -0.4 is 5.32 Å². The molecule has 2 aromatic carbocycles. The maximum absolute atomic E-state index is 10.0. The fourth-order valence-electron chi connectivity index (χ4n) is 3.57. The Morgan fingerprint density at radius 2 is 1.75 bits per heavy atom. The average molecular weight is 320 g/mol. The van der Waals surface area contributed by atoms with Gasteiger partial charge in [-0.2, -0.15) is 0 Å². The lowest BCUT2D eigenvalue weighted by Crippen LogP contribution is -2.25. The van der Waals surface area contributed by atoms with E-state index in [0.717, 1.165) is 33.3 Å². The van der Waals surface area contributed by atoms with Gasteiger partial charge in [-0.25, -0.2) is 0 Å². The van der Waals surface area contributed by atoms with Crippen molar-refractivity contribution in [2.45, 2.75) is 6.04 Å². The van der Waals surface area contributed by atoms with E-state index >= 15 is 0 Å². The van der Waals surface area contributed by atoms with Crippen LogP contribution in [0.5, 0.6) is 0 Å². The minimum absolute atomic E-state index is 0.0302. The van der Waals surface area contributed by atoms with Gasteiger partial charge in [0.2, 0.25) is 0 Å². The summed E-state index contributed by atoms with van der Waals surface area (Å²) in [5.41, 5.74) is 5.04. The summed E-state index contributed by atoms with van der Waals surface area (Å²) in [6.45, 7) is -0.0996. The zero-order valence-electron chi connectivity index (χ0n) is 13.2. The number of aromatic amines is 1. The van der Waals surface area contributed by atoms with Gasteiger partial charge in [-0.05, 0) is 23.3 Å². The highest BCUT2D eigenvalue weighted by Crippen LogP contribution is 2.39. The number of aliphatic hydroxyl groups excluding tert-OH is 2. The zero-order chi connectivity index (χ0) is 16.5. The summed E-state index contributed by atoms with van der Waals surface area (Å²) in [4.78, 5) is 3.30. The third kappa shape index (κ3) is 2.40. The van der Waals surface area contributed by atoms with E-state index in [2.05, 4.69) is 16.4 Å². The summed E-state index contributed by atoms with van der Waals surface area (Å²) >= 11 is 0. The van der Waals surface area contributed by atoms with Gasteiger partial charge in [-0.3, -0.25) is 0 Å². The summed E-state index contributed by atoms with van der Waals surface area (Å²) in [5.74, 6) is -0.193. The maximum Gasteiger partial charge on any atom is 0.0649 e. The van der Waals surface area contributed by atoms with E-state index in [0.29, 0.717) is 0 Å². The van der Waals surface area contributed by atoms with E-state index in [-0.39, 0.29) is 25.2 Å². The molecule has 1 aromatic heterocycles. The molecule has 3 aromatic rings. The molecule has 2 heterocycles. The third-order valence-electron chi connectivity index (χ3n) is 4.83. The van der Waals surface area contributed by atoms with Crippen molar-refractivity contribution < 1.29 is 10.2 Å². The van der Waals surface area contributed by atoms with Gasteiger partial charge in [0, 0.05) is 34.3 Å². The summed E-state index contributed by atoms with van der Waals surface area (Å²) in [6.07, 6.45) is 3.98. The van der Waals surface area contributed by atoms with E-state index in [1.807, 2.05) is 54.7 Å². The quantitative estimate of drug-likeness (QED) is 0.598. The Hall–Kier alpha value is -2.56. The molecule has 2 atom stereocenters. The Bertz CT molecular complexity index is 897. The molecule has 1 aliphatic rings. The van der Waals surface area contributed by atoms with Gasteiger partial charge in [0.25, 0.3) is 0 Å². The molecule has 0 spiro atoms. The van der Waals surface area contributed by atoms with Crippen molar-refractivity contribution in [1.29, 1.82) is 0 Å². The van der Waals surface area contributed by atoms with Gasteiger partial charge in [-0.1, -0.05) is 42.5 Å². The largest absolute Gasteiger partial charge is 0.396 e. The number of anilines is 1. The SMILES string of the molecule is OCC1=Cc2ccccc2NC(c2c[nH]c3ccccc23)C1CO. The predicted molar refractivity (Wildman–Crippen MR) is 96.7 cm³/mol. The Kier molecular flexibility index (Phi) is 3.84. The molecule has 4 nitrogen and oxygen atoms in total. The second-order valence-electron chi connectivity index (χ2n) is 6.17. The van der Waals surface area contributed by atoms with Crippen LogP contribution in [0.25, 0.3) is 17.0 Å². The van der Waals surface area contributed by atoms with E-state index in [1.54, 1.807) is 0 Å². The number of aliphatic hydroxyl groups is 2. The molecule has 24 heavy (non-hydrogen) atoms. The van der Waals surface area contributed by atoms with Crippen LogP contribution in [0.1, 0.15) is 17.2 Å². The maximum atomic E-state index is 10.0. The molecule has 4 heteroatoms. The van der Waals surface area contributed by atoms with Crippen LogP contribution in [0.15, 0.2) is 60.3 Å². The molecule has 0 fully saturated rings. The highest BCUT2D eigenvalue weighted by Gasteiger charge is 2.30. The molecular formula is C20H20N2O2. The molecule has 0 bridgehead atoms. The lowest BCUT2D eigenvalue weighted by Gasteiger charge is -2.27. The normalized spacial score (nSPS) is 20.2. The first-order chi connectivity index (χ1) is 11.8. The second-order valence-corrected chi connectivity index (χ2v) is 6.17. The number of fused-ring (bicyclic) bond motifs is 2. The average Bonchev–Trinajstić information content (AvgIpc) is 2.98. The molecule has 0 saturated carbocycles. The molecule has 0 aliphatic carbocycles. The number of hydrogen-bond donors (Lipinski definition) is 4. The topological polar surface area (TPSA) is 68.3 Å². The molecular weight excluding hydrogens is 300 g/mol. The minimum atomic E-state index is -0.193. The Balaban J connectivity index is 1.88.